The molecule has 0 unspecified atom stereocenters. The maximum Gasteiger partial charge on any atom is 0.409 e. The molecule has 0 aromatic heterocycles. The number of hydrogen-bond donors (Lipinski definition) is 1. The van der Waals surface area contributed by atoms with Crippen LogP contribution in [0.1, 0.15) is 26.7 Å². The Bertz CT molecular complexity index is 844. The standard InChI is InChI=1S/C20H30N4O5S/c1-3-29-20(26)23-14-12-22(13-15-23)16(2)19(25)21-17-6-8-18(9-7-17)30(27,28)24-10-4-5-11-24/h6-9,16H,3-5,10-15H2,1-2H3,(H,21,25)/t16-/m1/s1. The van der Waals surface area contributed by atoms with E-state index in [0.29, 0.717) is 51.6 Å². The molecule has 30 heavy (non-hydrogen) atoms. The Morgan fingerprint density at radius 1 is 1.03 bits per heavy atom. The van der Waals surface area contributed by atoms with Gasteiger partial charge in [-0.15, -0.1) is 0 Å². The number of amides is 2. The highest BCUT2D eigenvalue weighted by molar-refractivity contribution is 7.89. The molecule has 1 aromatic rings. The van der Waals surface area contributed by atoms with Gasteiger partial charge in [-0.3, -0.25) is 9.69 Å². The summed E-state index contributed by atoms with van der Waals surface area (Å²) in [6, 6.07) is 5.93. The minimum Gasteiger partial charge on any atom is -0.450 e. The van der Waals surface area contributed by atoms with E-state index in [1.165, 1.54) is 16.4 Å². The summed E-state index contributed by atoms with van der Waals surface area (Å²) in [5.74, 6) is -0.172. The van der Waals surface area contributed by atoms with Crippen LogP contribution in [0.3, 0.4) is 0 Å². The molecule has 1 N–H and O–H groups in total. The molecule has 0 saturated carbocycles. The third-order valence-corrected chi connectivity index (χ3v) is 7.50. The monoisotopic (exact) mass is 438 g/mol. The zero-order valence-corrected chi connectivity index (χ0v) is 18.4. The van der Waals surface area contributed by atoms with E-state index in [1.807, 2.05) is 11.8 Å². The second-order valence-electron chi connectivity index (χ2n) is 7.52. The molecule has 2 aliphatic rings. The van der Waals surface area contributed by atoms with Gasteiger partial charge in [-0.25, -0.2) is 13.2 Å². The van der Waals surface area contributed by atoms with Crippen LogP contribution >= 0.6 is 0 Å². The Balaban J connectivity index is 1.54. The number of sulfonamides is 1. The highest BCUT2D eigenvalue weighted by Crippen LogP contribution is 2.22. The largest absolute Gasteiger partial charge is 0.450 e. The number of piperazine rings is 1. The van der Waals surface area contributed by atoms with Crippen LogP contribution < -0.4 is 5.32 Å². The van der Waals surface area contributed by atoms with Crippen molar-refractivity contribution >= 4 is 27.7 Å². The van der Waals surface area contributed by atoms with Gasteiger partial charge in [0.05, 0.1) is 17.5 Å². The third-order valence-electron chi connectivity index (χ3n) is 5.59. The Morgan fingerprint density at radius 2 is 1.63 bits per heavy atom. The van der Waals surface area contributed by atoms with E-state index in [-0.39, 0.29) is 22.9 Å². The fraction of sp³-hybridized carbons (Fsp3) is 0.600. The lowest BCUT2D eigenvalue weighted by atomic mass is 10.2. The first kappa shape index (κ1) is 22.5. The maximum atomic E-state index is 12.6. The van der Waals surface area contributed by atoms with Crippen molar-refractivity contribution in [2.24, 2.45) is 0 Å². The summed E-state index contributed by atoms with van der Waals surface area (Å²) in [5.41, 5.74) is 0.553. The zero-order chi connectivity index (χ0) is 21.7. The molecule has 9 nitrogen and oxygen atoms in total. The molecule has 1 aromatic carbocycles. The van der Waals surface area contributed by atoms with Gasteiger partial charge >= 0.3 is 6.09 Å². The smallest absolute Gasteiger partial charge is 0.409 e. The molecule has 0 radical (unpaired) electrons. The number of carbonyl (C=O) groups is 2. The van der Waals surface area contributed by atoms with Gasteiger partial charge in [0, 0.05) is 45.0 Å². The van der Waals surface area contributed by atoms with Crippen LogP contribution in [0.2, 0.25) is 0 Å². The van der Waals surface area contributed by atoms with Crippen LogP contribution in [0.25, 0.3) is 0 Å². The van der Waals surface area contributed by atoms with E-state index in [4.69, 9.17) is 4.74 Å². The second-order valence-corrected chi connectivity index (χ2v) is 9.46. The molecular weight excluding hydrogens is 408 g/mol. The molecule has 1 atom stereocenters. The van der Waals surface area contributed by atoms with Gasteiger partial charge in [0.25, 0.3) is 0 Å². The molecule has 3 rings (SSSR count). The van der Waals surface area contributed by atoms with E-state index in [9.17, 15) is 18.0 Å². The van der Waals surface area contributed by atoms with E-state index < -0.39 is 10.0 Å². The first-order chi connectivity index (χ1) is 14.3. The van der Waals surface area contributed by atoms with E-state index in [2.05, 4.69) is 5.32 Å². The lowest BCUT2D eigenvalue weighted by molar-refractivity contribution is -0.121. The molecule has 2 fully saturated rings. The summed E-state index contributed by atoms with van der Waals surface area (Å²) in [6.07, 6.45) is 1.46. The highest BCUT2D eigenvalue weighted by atomic mass is 32.2. The molecule has 0 bridgehead atoms. The Labute approximate surface area is 178 Å². The molecule has 166 valence electrons. The average Bonchev–Trinajstić information content (AvgIpc) is 3.30. The minimum atomic E-state index is -3.46. The number of hydrogen-bond acceptors (Lipinski definition) is 6. The van der Waals surface area contributed by atoms with Crippen LogP contribution in [-0.2, 0) is 19.6 Å². The van der Waals surface area contributed by atoms with Crippen molar-refractivity contribution in [2.75, 3.05) is 51.2 Å². The highest BCUT2D eigenvalue weighted by Gasteiger charge is 2.29. The molecular formula is C20H30N4O5S. The third kappa shape index (κ3) is 5.11. The number of nitrogens with zero attached hydrogens (tertiary/aromatic N) is 3. The number of benzene rings is 1. The molecule has 2 aliphatic heterocycles. The molecule has 2 heterocycles. The van der Waals surface area contributed by atoms with Crippen molar-refractivity contribution in [1.29, 1.82) is 0 Å². The fourth-order valence-corrected chi connectivity index (χ4v) is 5.22. The predicted molar refractivity (Wildman–Crippen MR) is 113 cm³/mol. The molecule has 2 saturated heterocycles. The van der Waals surface area contributed by atoms with Crippen LogP contribution in [-0.4, -0.2) is 86.4 Å². The Kier molecular flexibility index (Phi) is 7.32. The zero-order valence-electron chi connectivity index (χ0n) is 17.5. The number of rotatable bonds is 6. The fourth-order valence-electron chi connectivity index (χ4n) is 3.71. The van der Waals surface area contributed by atoms with Crippen LogP contribution in [0.5, 0.6) is 0 Å². The van der Waals surface area contributed by atoms with Gasteiger partial charge in [-0.05, 0) is 51.0 Å². The average molecular weight is 439 g/mol. The molecule has 0 spiro atoms. The second kappa shape index (κ2) is 9.76. The van der Waals surface area contributed by atoms with Gasteiger partial charge in [-0.2, -0.15) is 4.31 Å². The Hall–Kier alpha value is -2.17. The number of carbonyl (C=O) groups excluding carboxylic acids is 2. The Morgan fingerprint density at radius 3 is 2.20 bits per heavy atom. The van der Waals surface area contributed by atoms with Crippen molar-refractivity contribution in [3.05, 3.63) is 24.3 Å². The van der Waals surface area contributed by atoms with Crippen molar-refractivity contribution in [3.8, 4) is 0 Å². The van der Waals surface area contributed by atoms with Crippen molar-refractivity contribution < 1.29 is 22.7 Å². The van der Waals surface area contributed by atoms with Crippen LogP contribution in [0, 0.1) is 0 Å². The summed E-state index contributed by atoms with van der Waals surface area (Å²) in [5, 5.41) is 2.85. The summed E-state index contributed by atoms with van der Waals surface area (Å²) < 4.78 is 31.7. The van der Waals surface area contributed by atoms with Gasteiger partial charge in [0.15, 0.2) is 0 Å². The van der Waals surface area contributed by atoms with E-state index >= 15 is 0 Å². The molecule has 2 amide bonds. The summed E-state index contributed by atoms with van der Waals surface area (Å²) in [6.45, 7) is 7.25. The quantitative estimate of drug-likeness (QED) is 0.724. The number of ether oxygens (including phenoxy) is 1. The predicted octanol–water partition coefficient (Wildman–Crippen LogP) is 1.57. The van der Waals surface area contributed by atoms with E-state index in [1.54, 1.807) is 24.0 Å². The number of nitrogens with one attached hydrogen (secondary N) is 1. The van der Waals surface area contributed by atoms with Crippen molar-refractivity contribution in [1.82, 2.24) is 14.1 Å². The maximum absolute atomic E-state index is 12.6. The first-order valence-electron chi connectivity index (χ1n) is 10.4. The normalized spacial score (nSPS) is 19.5. The van der Waals surface area contributed by atoms with E-state index in [0.717, 1.165) is 12.8 Å². The summed E-state index contributed by atoms with van der Waals surface area (Å²) in [7, 11) is -3.46. The summed E-state index contributed by atoms with van der Waals surface area (Å²) >= 11 is 0. The summed E-state index contributed by atoms with van der Waals surface area (Å²) in [4.78, 5) is 28.3. The lowest BCUT2D eigenvalue weighted by Crippen LogP contribution is -2.54. The van der Waals surface area contributed by atoms with Gasteiger partial charge in [0.1, 0.15) is 0 Å². The van der Waals surface area contributed by atoms with Crippen LogP contribution in [0.4, 0.5) is 10.5 Å². The number of anilines is 1. The lowest BCUT2D eigenvalue weighted by Gasteiger charge is -2.36. The SMILES string of the molecule is CCOC(=O)N1CCN([C@H](C)C(=O)Nc2ccc(S(=O)(=O)N3CCCC3)cc2)CC1. The topological polar surface area (TPSA) is 99.3 Å². The van der Waals surface area contributed by atoms with Crippen LogP contribution in [0.15, 0.2) is 29.2 Å². The molecule has 10 heteroatoms. The van der Waals surface area contributed by atoms with Crippen molar-refractivity contribution in [3.63, 3.8) is 0 Å². The molecule has 0 aliphatic carbocycles. The van der Waals surface area contributed by atoms with Gasteiger partial charge in [-0.1, -0.05) is 0 Å². The van der Waals surface area contributed by atoms with Crippen molar-refractivity contribution in [2.45, 2.75) is 37.6 Å². The van der Waals surface area contributed by atoms with Gasteiger partial charge in [0.2, 0.25) is 15.9 Å². The van der Waals surface area contributed by atoms with Gasteiger partial charge < -0.3 is 15.0 Å². The minimum absolute atomic E-state index is 0.172. The first-order valence-corrected chi connectivity index (χ1v) is 11.8.